The zero-order valence-electron chi connectivity index (χ0n) is 14.2. The maximum atomic E-state index is 11.7. The maximum Gasteiger partial charge on any atom is 0.276 e. The molecule has 0 bridgehead atoms. The lowest BCUT2D eigenvalue weighted by atomic mass is 10.1. The summed E-state index contributed by atoms with van der Waals surface area (Å²) in [5.74, 6) is -0.262. The molecule has 0 spiro atoms. The third-order valence-corrected chi connectivity index (χ3v) is 3.39. The van der Waals surface area contributed by atoms with Crippen LogP contribution in [0.4, 0.5) is 0 Å². The molecule has 7 nitrogen and oxygen atoms in total. The van der Waals surface area contributed by atoms with E-state index in [1.165, 1.54) is 10.6 Å². The Morgan fingerprint density at radius 3 is 2.40 bits per heavy atom. The van der Waals surface area contributed by atoms with Gasteiger partial charge in [0.05, 0.1) is 0 Å². The van der Waals surface area contributed by atoms with Crippen LogP contribution in [-0.4, -0.2) is 23.0 Å². The predicted molar refractivity (Wildman–Crippen MR) is 93.0 cm³/mol. The average Bonchev–Trinajstić information content (AvgIpc) is 2.56. The van der Waals surface area contributed by atoms with Crippen molar-refractivity contribution in [3.05, 3.63) is 64.1 Å². The fourth-order valence-electron chi connectivity index (χ4n) is 2.27. The van der Waals surface area contributed by atoms with E-state index in [1.807, 2.05) is 32.0 Å². The van der Waals surface area contributed by atoms with Crippen molar-refractivity contribution in [1.29, 1.82) is 0 Å². The molecule has 0 fully saturated rings. The number of aryl methyl sites for hydroxylation is 3. The summed E-state index contributed by atoms with van der Waals surface area (Å²) in [6.07, 6.45) is 1.67. The van der Waals surface area contributed by atoms with E-state index in [-0.39, 0.29) is 25.1 Å². The normalized spacial score (nSPS) is 10.2. The predicted octanol–water partition coefficient (Wildman–Crippen LogP) is 1.08. The van der Waals surface area contributed by atoms with Crippen molar-refractivity contribution in [1.82, 2.24) is 15.4 Å². The number of aromatic nitrogens is 1. The van der Waals surface area contributed by atoms with Gasteiger partial charge < -0.3 is 9.30 Å². The molecule has 1 aromatic heterocycles. The van der Waals surface area contributed by atoms with Crippen LogP contribution in [-0.2, 0) is 16.1 Å². The average molecular weight is 343 g/mol. The lowest BCUT2D eigenvalue weighted by molar-refractivity contribution is -0.130. The minimum Gasteiger partial charge on any atom is -0.484 e. The van der Waals surface area contributed by atoms with Crippen molar-refractivity contribution >= 4 is 11.8 Å². The Morgan fingerprint density at radius 1 is 1.04 bits per heavy atom. The number of pyridine rings is 1. The summed E-state index contributed by atoms with van der Waals surface area (Å²) in [7, 11) is 0. The monoisotopic (exact) mass is 343 g/mol. The van der Waals surface area contributed by atoms with Gasteiger partial charge in [-0.25, -0.2) is 0 Å². The minimum absolute atomic E-state index is 0.0716. The molecule has 0 aliphatic rings. The number of ether oxygens (including phenoxy) is 1. The molecule has 1 heterocycles. The van der Waals surface area contributed by atoms with Gasteiger partial charge >= 0.3 is 0 Å². The van der Waals surface area contributed by atoms with Crippen molar-refractivity contribution in [2.75, 3.05) is 6.61 Å². The van der Waals surface area contributed by atoms with Crippen LogP contribution < -0.4 is 21.1 Å². The molecular formula is C18H21N3O4. The Kier molecular flexibility index (Phi) is 6.33. The Labute approximate surface area is 145 Å². The molecule has 0 unspecified atom stereocenters. The molecule has 0 radical (unpaired) electrons. The van der Waals surface area contributed by atoms with E-state index in [0.29, 0.717) is 5.75 Å². The standard InChI is InChI=1S/C18H21N3O4/c1-13-9-14(2)11-15(10-13)25-12-17(23)20-19-16(22)6-8-21-7-4-3-5-18(21)24/h3-5,7,9-11H,6,8,12H2,1-2H3,(H,19,22)(H,20,23). The van der Waals surface area contributed by atoms with Gasteiger partial charge in [0.1, 0.15) is 5.75 Å². The zero-order chi connectivity index (χ0) is 18.2. The molecule has 0 aliphatic heterocycles. The number of hydrogen-bond acceptors (Lipinski definition) is 4. The van der Waals surface area contributed by atoms with Gasteiger partial charge in [-0.05, 0) is 43.2 Å². The fourth-order valence-corrected chi connectivity index (χ4v) is 2.27. The molecule has 0 atom stereocenters. The first-order chi connectivity index (χ1) is 11.9. The fraction of sp³-hybridized carbons (Fsp3) is 0.278. The first-order valence-corrected chi connectivity index (χ1v) is 7.88. The number of hydrazine groups is 1. The molecule has 132 valence electrons. The number of amides is 2. The summed E-state index contributed by atoms with van der Waals surface area (Å²) in [5, 5.41) is 0. The molecule has 2 N–H and O–H groups in total. The van der Waals surface area contributed by atoms with Gasteiger partial charge in [-0.2, -0.15) is 0 Å². The molecule has 0 aliphatic carbocycles. The first-order valence-electron chi connectivity index (χ1n) is 7.88. The number of hydrogen-bond donors (Lipinski definition) is 2. The highest BCUT2D eigenvalue weighted by molar-refractivity contribution is 5.82. The van der Waals surface area contributed by atoms with Gasteiger partial charge in [0.2, 0.25) is 5.91 Å². The Morgan fingerprint density at radius 2 is 1.72 bits per heavy atom. The largest absolute Gasteiger partial charge is 0.484 e. The molecule has 2 aromatic rings. The highest BCUT2D eigenvalue weighted by Gasteiger charge is 2.07. The highest BCUT2D eigenvalue weighted by atomic mass is 16.5. The number of nitrogens with one attached hydrogen (secondary N) is 2. The van der Waals surface area contributed by atoms with Crippen molar-refractivity contribution < 1.29 is 14.3 Å². The summed E-state index contributed by atoms with van der Waals surface area (Å²) < 4.78 is 6.82. The second kappa shape index (κ2) is 8.68. The highest BCUT2D eigenvalue weighted by Crippen LogP contribution is 2.15. The van der Waals surface area contributed by atoms with Crippen LogP contribution >= 0.6 is 0 Å². The third kappa shape index (κ3) is 6.14. The van der Waals surface area contributed by atoms with Crippen molar-refractivity contribution in [3.8, 4) is 5.75 Å². The number of rotatable bonds is 6. The molecule has 0 saturated heterocycles. The van der Waals surface area contributed by atoms with Gasteiger partial charge in [0.15, 0.2) is 6.61 Å². The van der Waals surface area contributed by atoms with E-state index in [9.17, 15) is 14.4 Å². The first kappa shape index (κ1) is 18.3. The van der Waals surface area contributed by atoms with Crippen LogP contribution in [0.25, 0.3) is 0 Å². The van der Waals surface area contributed by atoms with Gasteiger partial charge in [-0.15, -0.1) is 0 Å². The lowest BCUT2D eigenvalue weighted by Gasteiger charge is -2.10. The van der Waals surface area contributed by atoms with Crippen LogP contribution in [0.15, 0.2) is 47.4 Å². The minimum atomic E-state index is -0.468. The van der Waals surface area contributed by atoms with E-state index in [0.717, 1.165) is 11.1 Å². The molecule has 2 rings (SSSR count). The summed E-state index contributed by atoms with van der Waals surface area (Å²) in [6, 6.07) is 10.4. The van der Waals surface area contributed by atoms with Gasteiger partial charge in [0, 0.05) is 25.2 Å². The Bertz CT molecular complexity index is 794. The second-order valence-electron chi connectivity index (χ2n) is 5.69. The van der Waals surface area contributed by atoms with E-state index < -0.39 is 11.8 Å². The quantitative estimate of drug-likeness (QED) is 0.768. The SMILES string of the molecule is Cc1cc(C)cc(OCC(=O)NNC(=O)CCn2ccccc2=O)c1. The zero-order valence-corrected chi connectivity index (χ0v) is 14.2. The maximum absolute atomic E-state index is 11.7. The van der Waals surface area contributed by atoms with Crippen LogP contribution in [0.1, 0.15) is 17.5 Å². The van der Waals surface area contributed by atoms with Crippen LogP contribution in [0, 0.1) is 13.8 Å². The summed E-state index contributed by atoms with van der Waals surface area (Å²) >= 11 is 0. The third-order valence-electron chi connectivity index (χ3n) is 3.39. The smallest absolute Gasteiger partial charge is 0.276 e. The van der Waals surface area contributed by atoms with Gasteiger partial charge in [-0.1, -0.05) is 12.1 Å². The van der Waals surface area contributed by atoms with Crippen LogP contribution in [0.3, 0.4) is 0 Å². The van der Waals surface area contributed by atoms with Gasteiger partial charge in [-0.3, -0.25) is 25.2 Å². The van der Waals surface area contributed by atoms with Crippen LogP contribution in [0.2, 0.25) is 0 Å². The van der Waals surface area contributed by atoms with Gasteiger partial charge in [0.25, 0.3) is 11.5 Å². The van der Waals surface area contributed by atoms with E-state index >= 15 is 0 Å². The Hall–Kier alpha value is -3.09. The summed E-state index contributed by atoms with van der Waals surface area (Å²) in [5.41, 5.74) is 6.48. The van der Waals surface area contributed by atoms with Crippen molar-refractivity contribution in [2.45, 2.75) is 26.8 Å². The number of nitrogens with zero attached hydrogens (tertiary/aromatic N) is 1. The summed E-state index contributed by atoms with van der Waals surface area (Å²) in [6.45, 7) is 3.91. The van der Waals surface area contributed by atoms with E-state index in [1.54, 1.807) is 18.3 Å². The topological polar surface area (TPSA) is 89.4 Å². The molecule has 25 heavy (non-hydrogen) atoms. The molecule has 7 heteroatoms. The van der Waals surface area contributed by atoms with E-state index in [2.05, 4.69) is 10.9 Å². The summed E-state index contributed by atoms with van der Waals surface area (Å²) in [4.78, 5) is 34.9. The second-order valence-corrected chi connectivity index (χ2v) is 5.69. The molecule has 1 aromatic carbocycles. The lowest BCUT2D eigenvalue weighted by Crippen LogP contribution is -2.44. The number of benzene rings is 1. The Balaban J connectivity index is 1.71. The molecule has 0 saturated carbocycles. The molecular weight excluding hydrogens is 322 g/mol. The van der Waals surface area contributed by atoms with Crippen LogP contribution in [0.5, 0.6) is 5.75 Å². The van der Waals surface area contributed by atoms with Crippen molar-refractivity contribution in [2.24, 2.45) is 0 Å². The molecule has 2 amide bonds. The number of carbonyl (C=O) groups is 2. The van der Waals surface area contributed by atoms with E-state index in [4.69, 9.17) is 4.74 Å². The van der Waals surface area contributed by atoms with Crippen molar-refractivity contribution in [3.63, 3.8) is 0 Å². The number of carbonyl (C=O) groups excluding carboxylic acids is 2.